The Bertz CT molecular complexity index is 934. The maximum absolute atomic E-state index is 3.93. The summed E-state index contributed by atoms with van der Waals surface area (Å²) >= 11 is 0. The Labute approximate surface area is 289 Å². The van der Waals surface area contributed by atoms with E-state index in [1.54, 1.807) is 24.0 Å². The minimum atomic E-state index is 0.512. The summed E-state index contributed by atoms with van der Waals surface area (Å²) in [5.74, 6) is 7.17. The van der Waals surface area contributed by atoms with Crippen LogP contribution in [0.15, 0.2) is 24.3 Å². The molecule has 0 spiro atoms. The number of hydrogen-bond acceptors (Lipinski definition) is 0. The normalized spacial score (nSPS) is 32.6. The molecule has 4 fully saturated rings. The zero-order chi connectivity index (χ0) is 31.7. The van der Waals surface area contributed by atoms with Crippen molar-refractivity contribution in [3.63, 3.8) is 0 Å². The van der Waals surface area contributed by atoms with Crippen LogP contribution in [0, 0.1) is 29.1 Å². The Hall–Kier alpha value is -0.610. The molecule has 0 radical (unpaired) electrons. The van der Waals surface area contributed by atoms with Crippen molar-refractivity contribution in [3.05, 3.63) is 35.4 Å². The molecular formula is C45H75P. The van der Waals surface area contributed by atoms with E-state index in [1.165, 1.54) is 193 Å². The Kier molecular flexibility index (Phi) is 16.6. The minimum Gasteiger partial charge on any atom is -0.127 e. The highest BCUT2D eigenvalue weighted by molar-refractivity contribution is 7.18. The third-order valence-electron chi connectivity index (χ3n) is 13.9. The fourth-order valence-electron chi connectivity index (χ4n) is 10.9. The third kappa shape index (κ3) is 11.8. The van der Waals surface area contributed by atoms with Gasteiger partial charge in [0.15, 0.2) is 0 Å². The van der Waals surface area contributed by atoms with E-state index in [9.17, 15) is 0 Å². The van der Waals surface area contributed by atoms with Crippen LogP contribution in [0.5, 0.6) is 0 Å². The number of benzene rings is 1. The van der Waals surface area contributed by atoms with E-state index >= 15 is 0 Å². The summed E-state index contributed by atoms with van der Waals surface area (Å²) in [4.78, 5) is 0. The van der Waals surface area contributed by atoms with Crippen molar-refractivity contribution in [3.8, 4) is 0 Å². The Balaban J connectivity index is 1.20. The number of rotatable bonds is 6. The molecule has 4 aliphatic rings. The van der Waals surface area contributed by atoms with Crippen LogP contribution in [-0.2, 0) is 6.42 Å². The summed E-state index contributed by atoms with van der Waals surface area (Å²) in [6, 6.07) is 10.3. The number of hydrogen-bond donors (Lipinski definition) is 0. The lowest BCUT2D eigenvalue weighted by molar-refractivity contribution is 0.0883. The second kappa shape index (κ2) is 20.8. The molecule has 1 heteroatoms. The van der Waals surface area contributed by atoms with Crippen LogP contribution >= 0.6 is 8.86 Å². The van der Waals surface area contributed by atoms with Crippen molar-refractivity contribution < 1.29 is 0 Å². The van der Waals surface area contributed by atoms with Crippen LogP contribution in [0.25, 0.3) is 0 Å². The fourth-order valence-corrected chi connectivity index (χ4v) is 11.3. The molecular weight excluding hydrogens is 571 g/mol. The van der Waals surface area contributed by atoms with Crippen LogP contribution < -0.4 is 0 Å². The third-order valence-corrected chi connectivity index (χ3v) is 14.1. The van der Waals surface area contributed by atoms with Crippen molar-refractivity contribution in [2.75, 3.05) is 0 Å². The summed E-state index contributed by atoms with van der Waals surface area (Å²) in [5, 5.41) is 0. The first-order chi connectivity index (χ1) is 22.8. The Morgan fingerprint density at radius 1 is 0.522 bits per heavy atom. The first-order valence-electron chi connectivity index (χ1n) is 21.4. The molecule has 0 saturated heterocycles. The van der Waals surface area contributed by atoms with Gasteiger partial charge in [-0.25, -0.2) is 0 Å². The fraction of sp³-hybridized carbons (Fsp3) is 0.844. The smallest absolute Gasteiger partial charge is 0.0162 e. The van der Waals surface area contributed by atoms with Crippen molar-refractivity contribution >= 4 is 14.7 Å². The highest BCUT2D eigenvalue weighted by Gasteiger charge is 2.46. The van der Waals surface area contributed by atoms with Gasteiger partial charge in [-0.15, -0.1) is 8.86 Å². The zero-order valence-corrected chi connectivity index (χ0v) is 31.4. The zero-order valence-electron chi connectivity index (χ0n) is 30.4. The first kappa shape index (κ1) is 36.7. The average Bonchev–Trinajstić information content (AvgIpc) is 3.70. The molecule has 5 atom stereocenters. The van der Waals surface area contributed by atoms with E-state index in [0.29, 0.717) is 5.41 Å². The molecule has 0 heterocycles. The second-order valence-corrected chi connectivity index (χ2v) is 17.5. The molecule has 5 rings (SSSR count). The van der Waals surface area contributed by atoms with Gasteiger partial charge in [0.25, 0.3) is 0 Å². The van der Waals surface area contributed by atoms with Gasteiger partial charge in [-0.05, 0) is 104 Å². The summed E-state index contributed by atoms with van der Waals surface area (Å²) in [7, 11) is 3.93. The maximum atomic E-state index is 3.93. The van der Waals surface area contributed by atoms with Gasteiger partial charge in [0.05, 0.1) is 0 Å². The van der Waals surface area contributed by atoms with E-state index in [-0.39, 0.29) is 0 Å². The lowest BCUT2D eigenvalue weighted by Crippen LogP contribution is -2.36. The molecule has 0 amide bonds. The van der Waals surface area contributed by atoms with Gasteiger partial charge in [-0.1, -0.05) is 178 Å². The monoisotopic (exact) mass is 647 g/mol. The van der Waals surface area contributed by atoms with Gasteiger partial charge in [-0.2, -0.15) is 0 Å². The summed E-state index contributed by atoms with van der Waals surface area (Å²) < 4.78 is 0. The number of fused-ring (bicyclic) bond motifs is 1. The van der Waals surface area contributed by atoms with Gasteiger partial charge >= 0.3 is 0 Å². The van der Waals surface area contributed by atoms with Crippen LogP contribution in [0.1, 0.15) is 216 Å². The van der Waals surface area contributed by atoms with E-state index in [1.807, 2.05) is 0 Å². The van der Waals surface area contributed by atoms with Gasteiger partial charge in [0.2, 0.25) is 0 Å². The second-order valence-electron chi connectivity index (χ2n) is 17.1. The van der Waals surface area contributed by atoms with Crippen molar-refractivity contribution in [1.29, 1.82) is 0 Å². The predicted molar refractivity (Wildman–Crippen MR) is 207 cm³/mol. The molecule has 4 saturated carbocycles. The molecule has 4 aliphatic carbocycles. The minimum absolute atomic E-state index is 0.512. The Morgan fingerprint density at radius 3 is 1.48 bits per heavy atom. The quantitative estimate of drug-likeness (QED) is 0.270. The molecule has 0 aliphatic heterocycles. The highest BCUT2D eigenvalue weighted by Crippen LogP contribution is 2.55. The van der Waals surface area contributed by atoms with Gasteiger partial charge in [0, 0.05) is 0 Å². The standard InChI is InChI=1S/C45H75P/c46-35-34-45(43-26-19-12-8-11-17-24-41-37-42(41)25-18-13-14-20-27-43)33-21-28-44(45)36-38-29-31-40(32-30-38)39-22-15-9-6-4-2-1-3-5-7-10-16-23-39/h29-32,35,39,41-44,46H,1-28,33-34,36-37H2. The molecule has 0 aromatic heterocycles. The molecule has 0 N–H and O–H groups in total. The molecule has 1 aromatic carbocycles. The Morgan fingerprint density at radius 2 is 0.978 bits per heavy atom. The van der Waals surface area contributed by atoms with E-state index < -0.39 is 0 Å². The van der Waals surface area contributed by atoms with E-state index in [2.05, 4.69) is 38.9 Å². The van der Waals surface area contributed by atoms with Gasteiger partial charge < -0.3 is 0 Å². The van der Waals surface area contributed by atoms with Gasteiger partial charge in [0.1, 0.15) is 0 Å². The van der Waals surface area contributed by atoms with Crippen LogP contribution in [0.3, 0.4) is 0 Å². The molecule has 260 valence electrons. The molecule has 0 nitrogen and oxygen atoms in total. The average molecular weight is 647 g/mol. The lowest BCUT2D eigenvalue weighted by atomic mass is 9.62. The summed E-state index contributed by atoms with van der Waals surface area (Å²) in [5.41, 5.74) is 3.79. The van der Waals surface area contributed by atoms with E-state index in [4.69, 9.17) is 0 Å². The topological polar surface area (TPSA) is 0 Å². The summed E-state index contributed by atoms with van der Waals surface area (Å²) in [6.07, 6.45) is 46.8. The van der Waals surface area contributed by atoms with Crippen molar-refractivity contribution in [1.82, 2.24) is 0 Å². The van der Waals surface area contributed by atoms with Crippen LogP contribution in [0.2, 0.25) is 0 Å². The molecule has 1 aromatic rings. The molecule has 46 heavy (non-hydrogen) atoms. The van der Waals surface area contributed by atoms with Crippen LogP contribution in [-0.4, -0.2) is 5.80 Å². The van der Waals surface area contributed by atoms with Crippen molar-refractivity contribution in [2.45, 2.75) is 211 Å². The summed E-state index contributed by atoms with van der Waals surface area (Å²) in [6.45, 7) is 0. The van der Waals surface area contributed by atoms with Crippen molar-refractivity contribution in [2.24, 2.45) is 29.1 Å². The lowest BCUT2D eigenvalue weighted by Gasteiger charge is -2.43. The largest absolute Gasteiger partial charge is 0.127 e. The molecule has 0 bridgehead atoms. The predicted octanol–water partition coefficient (Wildman–Crippen LogP) is 14.9. The van der Waals surface area contributed by atoms with Crippen LogP contribution in [0.4, 0.5) is 0 Å². The van der Waals surface area contributed by atoms with Gasteiger partial charge in [-0.3, -0.25) is 0 Å². The van der Waals surface area contributed by atoms with E-state index in [0.717, 1.165) is 29.6 Å². The maximum Gasteiger partial charge on any atom is -0.0162 e. The first-order valence-corrected chi connectivity index (χ1v) is 21.9. The molecule has 5 unspecified atom stereocenters. The SMILES string of the molecule is P=CCC1(C2CCCCCCCC3CC3CCCCCC2)CCCC1Cc1ccc(C2CCCCCCCCCCCCC2)cc1. The highest BCUT2D eigenvalue weighted by atomic mass is 31.0.